The Hall–Kier alpha value is -0.890. The lowest BCUT2D eigenvalue weighted by Gasteiger charge is -2.44. The van der Waals surface area contributed by atoms with Crippen LogP contribution in [0.5, 0.6) is 0 Å². The van der Waals surface area contributed by atoms with E-state index in [2.05, 4.69) is 5.32 Å². The van der Waals surface area contributed by atoms with Gasteiger partial charge in [-0.15, -0.1) is 0 Å². The molecular weight excluding hydrogens is 302 g/mol. The molecule has 0 aliphatic carbocycles. The highest BCUT2D eigenvalue weighted by atomic mass is 16.7. The van der Waals surface area contributed by atoms with Crippen LogP contribution < -0.4 is 5.32 Å². The summed E-state index contributed by atoms with van der Waals surface area (Å²) in [6.45, 7) is 12.8. The van der Waals surface area contributed by atoms with E-state index in [4.69, 9.17) is 23.7 Å². The van der Waals surface area contributed by atoms with Crippen LogP contribution in [0.25, 0.3) is 0 Å². The van der Waals surface area contributed by atoms with Gasteiger partial charge in [-0.2, -0.15) is 0 Å². The second-order valence-corrected chi connectivity index (χ2v) is 5.67. The van der Waals surface area contributed by atoms with Gasteiger partial charge in [0.15, 0.2) is 0 Å². The smallest absolute Gasteiger partial charge is 0.409 e. The topological polar surface area (TPSA) is 75.2 Å². The third-order valence-corrected chi connectivity index (χ3v) is 3.43. The fraction of sp³-hybridized carbons (Fsp3) is 0.938. The quantitative estimate of drug-likeness (QED) is 0.733. The fourth-order valence-electron chi connectivity index (χ4n) is 2.62. The minimum Gasteiger partial charge on any atom is -0.417 e. The summed E-state index contributed by atoms with van der Waals surface area (Å²) < 4.78 is 28.6. The van der Waals surface area contributed by atoms with Crippen LogP contribution in [-0.2, 0) is 23.7 Å². The molecule has 1 heterocycles. The van der Waals surface area contributed by atoms with Gasteiger partial charge in [-0.25, -0.2) is 4.79 Å². The van der Waals surface area contributed by atoms with Gasteiger partial charge in [0, 0.05) is 25.9 Å². The molecule has 0 spiro atoms. The lowest BCUT2D eigenvalue weighted by Crippen LogP contribution is -2.61. The normalized spacial score (nSPS) is 31.2. The Bertz CT molecular complexity index is 351. The summed E-state index contributed by atoms with van der Waals surface area (Å²) in [4.78, 5) is 11.9. The highest BCUT2D eigenvalue weighted by molar-refractivity contribution is 5.67. The molecule has 1 amide bonds. The summed E-state index contributed by atoms with van der Waals surface area (Å²) >= 11 is 0. The summed E-state index contributed by atoms with van der Waals surface area (Å²) in [5.41, 5.74) is 0. The first-order chi connectivity index (χ1) is 10.9. The molecule has 7 heteroatoms. The third-order valence-electron chi connectivity index (χ3n) is 3.43. The van der Waals surface area contributed by atoms with Gasteiger partial charge >= 0.3 is 6.09 Å². The first-order valence-electron chi connectivity index (χ1n) is 8.41. The van der Waals surface area contributed by atoms with Crippen molar-refractivity contribution >= 4 is 6.09 Å². The largest absolute Gasteiger partial charge is 0.417 e. The van der Waals surface area contributed by atoms with E-state index in [9.17, 15) is 4.79 Å². The monoisotopic (exact) mass is 333 g/mol. The van der Waals surface area contributed by atoms with Crippen molar-refractivity contribution in [2.75, 3.05) is 19.8 Å². The van der Waals surface area contributed by atoms with Crippen molar-refractivity contribution in [2.24, 2.45) is 0 Å². The highest BCUT2D eigenvalue weighted by Crippen LogP contribution is 2.28. The molecule has 136 valence electrons. The lowest BCUT2D eigenvalue weighted by molar-refractivity contribution is -0.299. The maximum Gasteiger partial charge on any atom is 0.409 e. The highest BCUT2D eigenvalue weighted by Gasteiger charge is 2.48. The molecule has 0 bridgehead atoms. The predicted octanol–water partition coefficient (Wildman–Crippen LogP) is 2.08. The Kier molecular flexibility index (Phi) is 8.83. The molecule has 0 aromatic heterocycles. The van der Waals surface area contributed by atoms with Gasteiger partial charge < -0.3 is 29.0 Å². The number of nitrogens with one attached hydrogen (secondary N) is 1. The Morgan fingerprint density at radius 1 is 1.00 bits per heavy atom. The summed E-state index contributed by atoms with van der Waals surface area (Å²) in [5, 5.41) is 2.68. The number of hydrogen-bond donors (Lipinski definition) is 1. The fourth-order valence-corrected chi connectivity index (χ4v) is 2.62. The zero-order valence-corrected chi connectivity index (χ0v) is 15.0. The van der Waals surface area contributed by atoms with E-state index in [0.29, 0.717) is 19.8 Å². The summed E-state index contributed by atoms with van der Waals surface area (Å²) in [6, 6.07) is -0.0204. The molecule has 0 radical (unpaired) electrons. The molecule has 3 unspecified atom stereocenters. The van der Waals surface area contributed by atoms with Crippen LogP contribution in [0.3, 0.4) is 0 Å². The van der Waals surface area contributed by atoms with Crippen LogP contribution in [0.15, 0.2) is 0 Å². The number of hydrogen-bond acceptors (Lipinski definition) is 6. The number of carbonyl (C=O) groups excluding carboxylic acids is 1. The zero-order chi connectivity index (χ0) is 17.4. The van der Waals surface area contributed by atoms with E-state index in [0.717, 1.165) is 0 Å². The van der Waals surface area contributed by atoms with Crippen molar-refractivity contribution in [2.45, 2.75) is 78.3 Å². The second-order valence-electron chi connectivity index (χ2n) is 5.67. The summed E-state index contributed by atoms with van der Waals surface area (Å²) in [7, 11) is 0. The van der Waals surface area contributed by atoms with Crippen molar-refractivity contribution in [3.63, 3.8) is 0 Å². The molecule has 23 heavy (non-hydrogen) atoms. The minimum absolute atomic E-state index is 0.0204. The van der Waals surface area contributed by atoms with E-state index in [1.807, 2.05) is 41.5 Å². The minimum atomic E-state index is -0.836. The van der Waals surface area contributed by atoms with Gasteiger partial charge in [0.2, 0.25) is 6.29 Å². The number of ether oxygens (including phenoxy) is 5. The molecule has 0 saturated carbocycles. The van der Waals surface area contributed by atoms with Crippen LogP contribution in [-0.4, -0.2) is 62.7 Å². The molecule has 1 saturated heterocycles. The number of carbonyl (C=O) groups is 1. The molecule has 0 aromatic carbocycles. The SMILES string of the molecule is CCOC1C(OCC)[C@@H](OCC)C(C)O[C@H]1OC(=O)NC(C)C. The van der Waals surface area contributed by atoms with Gasteiger partial charge in [0.05, 0.1) is 6.10 Å². The van der Waals surface area contributed by atoms with Gasteiger partial charge in [0.25, 0.3) is 0 Å². The van der Waals surface area contributed by atoms with Crippen LogP contribution in [0.2, 0.25) is 0 Å². The van der Waals surface area contributed by atoms with Gasteiger partial charge in [-0.05, 0) is 41.5 Å². The Balaban J connectivity index is 2.89. The summed E-state index contributed by atoms with van der Waals surface area (Å²) in [6.07, 6.45) is -2.82. The van der Waals surface area contributed by atoms with Crippen molar-refractivity contribution in [1.29, 1.82) is 0 Å². The van der Waals surface area contributed by atoms with Crippen LogP contribution in [0.4, 0.5) is 4.79 Å². The molecule has 7 nitrogen and oxygen atoms in total. The predicted molar refractivity (Wildman–Crippen MR) is 85.3 cm³/mol. The maximum absolute atomic E-state index is 11.9. The lowest BCUT2D eigenvalue weighted by atomic mass is 9.99. The van der Waals surface area contributed by atoms with Crippen LogP contribution >= 0.6 is 0 Å². The van der Waals surface area contributed by atoms with Crippen LogP contribution in [0, 0.1) is 0 Å². The molecule has 1 aliphatic heterocycles. The van der Waals surface area contributed by atoms with E-state index in [-0.39, 0.29) is 24.4 Å². The third kappa shape index (κ3) is 5.91. The maximum atomic E-state index is 11.9. The van der Waals surface area contributed by atoms with Crippen molar-refractivity contribution in [3.8, 4) is 0 Å². The average Bonchev–Trinajstić information content (AvgIpc) is 2.46. The standard InChI is InChI=1S/C16H31NO6/c1-7-19-12-11(6)22-15(23-16(18)17-10(4)5)14(21-9-3)13(12)20-8-2/h10-15H,7-9H2,1-6H3,(H,17,18)/t11?,12-,13?,14?,15-/m0/s1. The van der Waals surface area contributed by atoms with Gasteiger partial charge in [-0.3, -0.25) is 0 Å². The van der Waals surface area contributed by atoms with Crippen molar-refractivity contribution in [1.82, 2.24) is 5.32 Å². The number of amides is 1. The van der Waals surface area contributed by atoms with E-state index >= 15 is 0 Å². The first-order valence-corrected chi connectivity index (χ1v) is 8.41. The average molecular weight is 333 g/mol. The Labute approximate surface area is 138 Å². The number of alkyl carbamates (subject to hydrolysis) is 1. The molecule has 1 N–H and O–H groups in total. The van der Waals surface area contributed by atoms with Crippen molar-refractivity contribution < 1.29 is 28.5 Å². The zero-order valence-electron chi connectivity index (χ0n) is 15.0. The second kappa shape index (κ2) is 10.1. The van der Waals surface area contributed by atoms with Gasteiger partial charge in [-0.1, -0.05) is 0 Å². The van der Waals surface area contributed by atoms with E-state index in [1.165, 1.54) is 0 Å². The molecule has 1 fully saturated rings. The molecule has 1 aliphatic rings. The van der Waals surface area contributed by atoms with E-state index < -0.39 is 18.5 Å². The molecule has 0 aromatic rings. The molecule has 1 rings (SSSR count). The van der Waals surface area contributed by atoms with Crippen LogP contribution in [0.1, 0.15) is 41.5 Å². The Morgan fingerprint density at radius 2 is 1.52 bits per heavy atom. The number of rotatable bonds is 8. The first kappa shape index (κ1) is 20.2. The van der Waals surface area contributed by atoms with Gasteiger partial charge in [0.1, 0.15) is 18.3 Å². The van der Waals surface area contributed by atoms with Crippen molar-refractivity contribution in [3.05, 3.63) is 0 Å². The van der Waals surface area contributed by atoms with E-state index in [1.54, 1.807) is 0 Å². The molecular formula is C16H31NO6. The summed E-state index contributed by atoms with van der Waals surface area (Å²) in [5.74, 6) is 0. The Morgan fingerprint density at radius 3 is 2.04 bits per heavy atom. The molecule has 5 atom stereocenters.